The molecular formula is C12H22N4O4. The first kappa shape index (κ1) is 16.2. The number of carbonyl (C=O) groups is 3. The molecule has 1 unspecified atom stereocenters. The third-order valence-electron chi connectivity index (χ3n) is 3.00. The van der Waals surface area contributed by atoms with E-state index in [0.717, 1.165) is 13.1 Å². The Bertz CT molecular complexity index is 355. The van der Waals surface area contributed by atoms with Crippen molar-refractivity contribution in [2.45, 2.75) is 13.3 Å². The number of amides is 3. The summed E-state index contributed by atoms with van der Waals surface area (Å²) in [5.74, 6) is -1.16. The average Bonchev–Trinajstić information content (AvgIpc) is 2.42. The first-order valence-corrected chi connectivity index (χ1v) is 6.71. The van der Waals surface area contributed by atoms with Crippen molar-refractivity contribution in [3.05, 3.63) is 0 Å². The molecular weight excluding hydrogens is 264 g/mol. The summed E-state index contributed by atoms with van der Waals surface area (Å²) in [6.07, 6.45) is -0.0000116. The predicted octanol–water partition coefficient (Wildman–Crippen LogP) is -1.17. The summed E-state index contributed by atoms with van der Waals surface area (Å²) in [6, 6.07) is -0.453. The van der Waals surface area contributed by atoms with Crippen LogP contribution in [0.4, 0.5) is 4.79 Å². The van der Waals surface area contributed by atoms with Crippen LogP contribution in [0.25, 0.3) is 0 Å². The smallest absolute Gasteiger partial charge is 0.315 e. The first-order chi connectivity index (χ1) is 9.49. The van der Waals surface area contributed by atoms with Crippen LogP contribution in [0.1, 0.15) is 13.3 Å². The minimum atomic E-state index is -0.895. The molecule has 0 radical (unpaired) electrons. The van der Waals surface area contributed by atoms with Crippen LogP contribution in [0.3, 0.4) is 0 Å². The molecule has 1 aliphatic rings. The van der Waals surface area contributed by atoms with Crippen molar-refractivity contribution in [1.29, 1.82) is 0 Å². The van der Waals surface area contributed by atoms with Crippen molar-refractivity contribution in [2.75, 3.05) is 39.3 Å². The second kappa shape index (κ2) is 8.36. The zero-order chi connectivity index (χ0) is 15.0. The lowest BCUT2D eigenvalue weighted by molar-refractivity contribution is -0.138. The highest BCUT2D eigenvalue weighted by Gasteiger charge is 2.16. The maximum Gasteiger partial charge on any atom is 0.315 e. The van der Waals surface area contributed by atoms with E-state index in [1.807, 2.05) is 0 Å². The van der Waals surface area contributed by atoms with E-state index in [1.54, 1.807) is 11.8 Å². The van der Waals surface area contributed by atoms with Gasteiger partial charge in [-0.2, -0.15) is 0 Å². The van der Waals surface area contributed by atoms with E-state index in [-0.39, 0.29) is 31.3 Å². The molecule has 8 nitrogen and oxygen atoms in total. The molecule has 1 aliphatic heterocycles. The molecule has 0 aromatic rings. The third-order valence-corrected chi connectivity index (χ3v) is 3.00. The first-order valence-electron chi connectivity index (χ1n) is 6.71. The van der Waals surface area contributed by atoms with Gasteiger partial charge in [-0.05, 0) is 5.92 Å². The number of carboxylic acid groups (broad SMARTS) is 1. The maximum atomic E-state index is 11.8. The number of hydrogen-bond acceptors (Lipinski definition) is 4. The number of aliphatic carboxylic acids is 1. The normalized spacial score (nSPS) is 16.4. The minimum Gasteiger partial charge on any atom is -0.481 e. The van der Waals surface area contributed by atoms with Crippen LogP contribution in [0, 0.1) is 5.92 Å². The molecule has 1 fully saturated rings. The Morgan fingerprint density at radius 2 is 1.90 bits per heavy atom. The number of piperazine rings is 1. The van der Waals surface area contributed by atoms with E-state index in [4.69, 9.17) is 5.11 Å². The van der Waals surface area contributed by atoms with Crippen molar-refractivity contribution in [1.82, 2.24) is 20.9 Å². The van der Waals surface area contributed by atoms with Gasteiger partial charge in [-0.25, -0.2) is 4.79 Å². The number of carboxylic acids is 1. The van der Waals surface area contributed by atoms with Gasteiger partial charge in [0.1, 0.15) is 0 Å². The number of rotatable bonds is 6. The zero-order valence-electron chi connectivity index (χ0n) is 11.6. The van der Waals surface area contributed by atoms with E-state index < -0.39 is 12.0 Å². The molecule has 0 bridgehead atoms. The van der Waals surface area contributed by atoms with Crippen LogP contribution in [0.5, 0.6) is 0 Å². The van der Waals surface area contributed by atoms with Gasteiger partial charge in [-0.3, -0.25) is 9.59 Å². The Morgan fingerprint density at radius 1 is 1.25 bits per heavy atom. The van der Waals surface area contributed by atoms with Gasteiger partial charge >= 0.3 is 12.0 Å². The quantitative estimate of drug-likeness (QED) is 0.491. The highest BCUT2D eigenvalue weighted by molar-refractivity contribution is 5.84. The van der Waals surface area contributed by atoms with Crippen LogP contribution in [0.2, 0.25) is 0 Å². The fraction of sp³-hybridized carbons (Fsp3) is 0.750. The summed E-state index contributed by atoms with van der Waals surface area (Å²) in [5, 5.41) is 16.8. The lowest BCUT2D eigenvalue weighted by Gasteiger charge is -2.27. The summed E-state index contributed by atoms with van der Waals surface area (Å²) in [5.41, 5.74) is 0. The van der Waals surface area contributed by atoms with Crippen LogP contribution in [-0.4, -0.2) is 67.2 Å². The Kier molecular flexibility index (Phi) is 6.78. The Balaban J connectivity index is 2.15. The fourth-order valence-corrected chi connectivity index (χ4v) is 1.88. The number of nitrogens with zero attached hydrogens (tertiary/aromatic N) is 1. The summed E-state index contributed by atoms with van der Waals surface area (Å²) in [7, 11) is 0. The van der Waals surface area contributed by atoms with Crippen molar-refractivity contribution < 1.29 is 19.5 Å². The summed E-state index contributed by atoms with van der Waals surface area (Å²) < 4.78 is 0. The second-order valence-electron chi connectivity index (χ2n) is 4.90. The highest BCUT2D eigenvalue weighted by Crippen LogP contribution is 1.98. The number of urea groups is 1. The Labute approximate surface area is 117 Å². The Morgan fingerprint density at radius 3 is 2.50 bits per heavy atom. The van der Waals surface area contributed by atoms with Crippen molar-refractivity contribution in [3.63, 3.8) is 0 Å². The van der Waals surface area contributed by atoms with E-state index in [0.29, 0.717) is 13.1 Å². The molecule has 0 saturated carbocycles. The second-order valence-corrected chi connectivity index (χ2v) is 4.90. The van der Waals surface area contributed by atoms with Gasteiger partial charge in [0.05, 0.1) is 6.54 Å². The fourth-order valence-electron chi connectivity index (χ4n) is 1.88. The maximum absolute atomic E-state index is 11.8. The molecule has 20 heavy (non-hydrogen) atoms. The standard InChI is InChI=1S/C12H22N4O4/c1-9(6-11(18)19)7-14-12(20)15-8-10(17)16-4-2-13-3-5-16/h9,13H,2-8H2,1H3,(H,18,19)(H2,14,15,20). The monoisotopic (exact) mass is 286 g/mol. The summed E-state index contributed by atoms with van der Waals surface area (Å²) in [4.78, 5) is 35.4. The molecule has 0 spiro atoms. The van der Waals surface area contributed by atoms with Gasteiger partial charge in [0.25, 0.3) is 0 Å². The van der Waals surface area contributed by atoms with E-state index in [9.17, 15) is 14.4 Å². The van der Waals surface area contributed by atoms with Gasteiger partial charge in [0.2, 0.25) is 5.91 Å². The predicted molar refractivity (Wildman–Crippen MR) is 72.3 cm³/mol. The van der Waals surface area contributed by atoms with Gasteiger partial charge < -0.3 is 26.0 Å². The molecule has 4 N–H and O–H groups in total. The average molecular weight is 286 g/mol. The number of nitrogens with one attached hydrogen (secondary N) is 3. The van der Waals surface area contributed by atoms with Gasteiger partial charge in [0.15, 0.2) is 0 Å². The molecule has 0 aromatic carbocycles. The molecule has 0 aromatic heterocycles. The lowest BCUT2D eigenvalue weighted by atomic mass is 10.1. The molecule has 1 rings (SSSR count). The largest absolute Gasteiger partial charge is 0.481 e. The van der Waals surface area contributed by atoms with E-state index in [1.165, 1.54) is 0 Å². The van der Waals surface area contributed by atoms with Gasteiger partial charge in [-0.15, -0.1) is 0 Å². The summed E-state index contributed by atoms with van der Waals surface area (Å²) in [6.45, 7) is 4.80. The highest BCUT2D eigenvalue weighted by atomic mass is 16.4. The molecule has 114 valence electrons. The molecule has 1 atom stereocenters. The van der Waals surface area contributed by atoms with Gasteiger partial charge in [-0.1, -0.05) is 6.92 Å². The van der Waals surface area contributed by atoms with Crippen molar-refractivity contribution in [2.24, 2.45) is 5.92 Å². The van der Waals surface area contributed by atoms with E-state index >= 15 is 0 Å². The van der Waals surface area contributed by atoms with Crippen LogP contribution < -0.4 is 16.0 Å². The number of hydrogen-bond donors (Lipinski definition) is 4. The molecule has 3 amide bonds. The molecule has 0 aliphatic carbocycles. The van der Waals surface area contributed by atoms with Crippen molar-refractivity contribution >= 4 is 17.9 Å². The van der Waals surface area contributed by atoms with Gasteiger partial charge in [0, 0.05) is 39.1 Å². The SMILES string of the molecule is CC(CNC(=O)NCC(=O)N1CCNCC1)CC(=O)O. The van der Waals surface area contributed by atoms with E-state index in [2.05, 4.69) is 16.0 Å². The zero-order valence-corrected chi connectivity index (χ0v) is 11.6. The number of carbonyl (C=O) groups excluding carboxylic acids is 2. The van der Waals surface area contributed by atoms with Crippen LogP contribution in [-0.2, 0) is 9.59 Å². The van der Waals surface area contributed by atoms with Crippen LogP contribution >= 0.6 is 0 Å². The third kappa shape index (κ3) is 6.37. The topological polar surface area (TPSA) is 111 Å². The molecule has 1 saturated heterocycles. The minimum absolute atomic E-state index is 0.0000116. The lowest BCUT2D eigenvalue weighted by Crippen LogP contribution is -2.50. The molecule has 1 heterocycles. The summed E-state index contributed by atoms with van der Waals surface area (Å²) >= 11 is 0. The molecule has 8 heteroatoms. The van der Waals surface area contributed by atoms with Crippen LogP contribution in [0.15, 0.2) is 0 Å². The Hall–Kier alpha value is -1.83. The van der Waals surface area contributed by atoms with Crippen molar-refractivity contribution in [3.8, 4) is 0 Å².